The highest BCUT2D eigenvalue weighted by atomic mass is 32.2. The van der Waals surface area contributed by atoms with Crippen molar-refractivity contribution < 1.29 is 35.3 Å². The fraction of sp³-hybridized carbons (Fsp3) is 0.353. The van der Waals surface area contributed by atoms with Gasteiger partial charge in [0.25, 0.3) is 0 Å². The zero-order valence-electron chi connectivity index (χ0n) is 13.9. The van der Waals surface area contributed by atoms with Crippen molar-refractivity contribution in [1.29, 1.82) is 0 Å². The van der Waals surface area contributed by atoms with Gasteiger partial charge in [-0.2, -0.15) is 26.3 Å². The van der Waals surface area contributed by atoms with Gasteiger partial charge in [0.15, 0.2) is 11.3 Å². The molecular weight excluding hydrogens is 396 g/mol. The topological polar surface area (TPSA) is 46.2 Å². The Morgan fingerprint density at radius 1 is 1.19 bits per heavy atom. The van der Waals surface area contributed by atoms with Crippen LogP contribution in [0.15, 0.2) is 48.1 Å². The van der Waals surface area contributed by atoms with E-state index in [0.29, 0.717) is 18.2 Å². The molecule has 0 aromatic heterocycles. The number of carbonyl (C=O) groups excluding carboxylic acids is 1. The van der Waals surface area contributed by atoms with E-state index in [1.54, 1.807) is 0 Å². The van der Waals surface area contributed by atoms with Crippen LogP contribution in [0.2, 0.25) is 0 Å². The number of allylic oxidation sites excluding steroid dienone is 2. The van der Waals surface area contributed by atoms with E-state index < -0.39 is 52.2 Å². The van der Waals surface area contributed by atoms with Crippen LogP contribution in [0.25, 0.3) is 0 Å². The van der Waals surface area contributed by atoms with Gasteiger partial charge in [0.1, 0.15) is 0 Å². The number of ketones is 1. The van der Waals surface area contributed by atoms with E-state index in [0.717, 1.165) is 0 Å². The molecule has 3 nitrogen and oxygen atoms in total. The lowest BCUT2D eigenvalue weighted by molar-refractivity contribution is -0.169. The molecule has 148 valence electrons. The standard InChI is InChI=1S/C17H15F6NO2S/c1-27(26)10-14(25)12-6-2-3-7-13(12)24-15(17(21,22)23)8-4-5-11(9-15)16(18,19)20/h2-8,24H,9-10H2,1H3. The number of alkyl halides is 6. The highest BCUT2D eigenvalue weighted by Crippen LogP contribution is 2.45. The number of benzene rings is 1. The molecule has 2 unspecified atom stereocenters. The quantitative estimate of drug-likeness (QED) is 0.577. The molecule has 10 heteroatoms. The van der Waals surface area contributed by atoms with E-state index in [1.807, 2.05) is 0 Å². The summed E-state index contributed by atoms with van der Waals surface area (Å²) in [4.78, 5) is 12.2. The first kappa shape index (κ1) is 21.2. The average Bonchev–Trinajstić information content (AvgIpc) is 2.53. The maximum atomic E-state index is 13.7. The third-order valence-corrected chi connectivity index (χ3v) is 4.61. The van der Waals surface area contributed by atoms with Gasteiger partial charge in [0.2, 0.25) is 0 Å². The molecule has 2 atom stereocenters. The van der Waals surface area contributed by atoms with Crippen LogP contribution in [0.4, 0.5) is 32.0 Å². The van der Waals surface area contributed by atoms with Gasteiger partial charge in [0.05, 0.1) is 5.75 Å². The first-order valence-electron chi connectivity index (χ1n) is 7.58. The molecule has 0 radical (unpaired) electrons. The minimum absolute atomic E-state index is 0.173. The van der Waals surface area contributed by atoms with Gasteiger partial charge < -0.3 is 5.32 Å². The van der Waals surface area contributed by atoms with Crippen LogP contribution in [0.1, 0.15) is 16.8 Å². The molecule has 0 aliphatic heterocycles. The third kappa shape index (κ3) is 4.79. The Morgan fingerprint density at radius 2 is 1.81 bits per heavy atom. The van der Waals surface area contributed by atoms with Crippen LogP contribution in [0, 0.1) is 0 Å². The lowest BCUT2D eigenvalue weighted by atomic mass is 9.84. The van der Waals surface area contributed by atoms with Crippen molar-refractivity contribution >= 4 is 22.3 Å². The van der Waals surface area contributed by atoms with Gasteiger partial charge >= 0.3 is 12.4 Å². The van der Waals surface area contributed by atoms with E-state index in [1.165, 1.54) is 30.5 Å². The molecule has 1 N–H and O–H groups in total. The van der Waals surface area contributed by atoms with Crippen molar-refractivity contribution in [3.05, 3.63) is 53.6 Å². The summed E-state index contributed by atoms with van der Waals surface area (Å²) in [6.45, 7) is 0. The van der Waals surface area contributed by atoms with E-state index in [4.69, 9.17) is 0 Å². The van der Waals surface area contributed by atoms with E-state index in [9.17, 15) is 35.3 Å². The normalized spacial score (nSPS) is 21.5. The lowest BCUT2D eigenvalue weighted by Crippen LogP contribution is -2.52. The van der Waals surface area contributed by atoms with E-state index in [2.05, 4.69) is 5.32 Å². The van der Waals surface area contributed by atoms with E-state index >= 15 is 0 Å². The monoisotopic (exact) mass is 411 g/mol. The lowest BCUT2D eigenvalue weighted by Gasteiger charge is -2.38. The van der Waals surface area contributed by atoms with Crippen LogP contribution in [0.5, 0.6) is 0 Å². The molecule has 0 bridgehead atoms. The number of carbonyl (C=O) groups is 1. The summed E-state index contributed by atoms with van der Waals surface area (Å²) < 4.78 is 91.4. The number of halogens is 6. The first-order chi connectivity index (χ1) is 12.4. The molecular formula is C17H15F6NO2S. The van der Waals surface area contributed by atoms with Gasteiger partial charge in [-0.05, 0) is 18.2 Å². The summed E-state index contributed by atoms with van der Waals surface area (Å²) in [5.74, 6) is -1.09. The van der Waals surface area contributed by atoms with Crippen LogP contribution < -0.4 is 5.32 Å². The second-order valence-electron chi connectivity index (χ2n) is 6.01. The molecule has 0 saturated carbocycles. The van der Waals surface area contributed by atoms with Crippen molar-refractivity contribution in [3.8, 4) is 0 Å². The highest BCUT2D eigenvalue weighted by molar-refractivity contribution is 7.85. The summed E-state index contributed by atoms with van der Waals surface area (Å²) in [7, 11) is -1.53. The molecule has 0 heterocycles. The Labute approximate surface area is 153 Å². The zero-order chi connectivity index (χ0) is 20.5. The molecule has 2 rings (SSSR count). The van der Waals surface area contributed by atoms with Gasteiger partial charge in [0, 0.05) is 40.3 Å². The molecule has 0 spiro atoms. The van der Waals surface area contributed by atoms with Crippen LogP contribution >= 0.6 is 0 Å². The minimum atomic E-state index is -5.07. The third-order valence-electron chi connectivity index (χ3n) is 3.94. The highest BCUT2D eigenvalue weighted by Gasteiger charge is 2.56. The number of Topliss-reactive ketones (excluding diaryl/α,β-unsaturated/α-hetero) is 1. The van der Waals surface area contributed by atoms with Crippen molar-refractivity contribution in [1.82, 2.24) is 0 Å². The number of hydrogen-bond donors (Lipinski definition) is 1. The van der Waals surface area contributed by atoms with Gasteiger partial charge in [-0.1, -0.05) is 24.3 Å². The average molecular weight is 411 g/mol. The Kier molecular flexibility index (Phi) is 5.88. The second kappa shape index (κ2) is 7.49. The predicted octanol–water partition coefficient (Wildman–Crippen LogP) is 4.41. The summed E-state index contributed by atoms with van der Waals surface area (Å²) >= 11 is 0. The maximum Gasteiger partial charge on any atom is 0.415 e. The Balaban J connectivity index is 2.46. The molecule has 1 aliphatic carbocycles. The fourth-order valence-electron chi connectivity index (χ4n) is 2.63. The molecule has 0 amide bonds. The molecule has 0 fully saturated rings. The van der Waals surface area contributed by atoms with E-state index in [-0.39, 0.29) is 11.3 Å². The van der Waals surface area contributed by atoms with Crippen molar-refractivity contribution in [2.45, 2.75) is 24.3 Å². The molecule has 0 saturated heterocycles. The van der Waals surface area contributed by atoms with Gasteiger partial charge in [-0.3, -0.25) is 9.00 Å². The van der Waals surface area contributed by atoms with Crippen LogP contribution in [-0.4, -0.2) is 39.9 Å². The molecule has 1 aromatic carbocycles. The number of nitrogens with one attached hydrogen (secondary N) is 1. The Morgan fingerprint density at radius 3 is 2.37 bits per heavy atom. The Bertz CT molecular complexity index is 812. The number of anilines is 1. The number of hydrogen-bond acceptors (Lipinski definition) is 3. The number of rotatable bonds is 5. The fourth-order valence-corrected chi connectivity index (χ4v) is 3.16. The SMILES string of the molecule is CS(=O)CC(=O)c1ccccc1NC1(C(F)(F)F)C=CC=C(C(F)(F)F)C1. The summed E-state index contributed by atoms with van der Waals surface area (Å²) in [6, 6.07) is 5.14. The maximum absolute atomic E-state index is 13.7. The second-order valence-corrected chi connectivity index (χ2v) is 7.44. The van der Waals surface area contributed by atoms with Crippen molar-refractivity contribution in [2.75, 3.05) is 17.3 Å². The van der Waals surface area contributed by atoms with Crippen LogP contribution in [0.3, 0.4) is 0 Å². The van der Waals surface area contributed by atoms with Gasteiger partial charge in [-0.15, -0.1) is 0 Å². The molecule has 27 heavy (non-hydrogen) atoms. The summed E-state index contributed by atoms with van der Waals surface area (Å²) in [6.07, 6.45) is -8.23. The molecule has 1 aromatic rings. The smallest absolute Gasteiger partial charge is 0.368 e. The largest absolute Gasteiger partial charge is 0.415 e. The first-order valence-corrected chi connectivity index (χ1v) is 9.31. The molecule has 1 aliphatic rings. The minimum Gasteiger partial charge on any atom is -0.368 e. The Hall–Kier alpha value is -2.10. The summed E-state index contributed by atoms with van der Waals surface area (Å²) in [5.41, 5.74) is -4.83. The van der Waals surface area contributed by atoms with Crippen molar-refractivity contribution in [3.63, 3.8) is 0 Å². The zero-order valence-corrected chi connectivity index (χ0v) is 14.8. The number of para-hydroxylation sites is 1. The van der Waals surface area contributed by atoms with Gasteiger partial charge in [-0.25, -0.2) is 0 Å². The van der Waals surface area contributed by atoms with Crippen molar-refractivity contribution in [2.24, 2.45) is 0 Å². The predicted molar refractivity (Wildman–Crippen MR) is 90.0 cm³/mol. The summed E-state index contributed by atoms with van der Waals surface area (Å²) in [5, 5.41) is 2.09. The van der Waals surface area contributed by atoms with Crippen LogP contribution in [-0.2, 0) is 10.8 Å².